The van der Waals surface area contributed by atoms with Crippen LogP contribution in [0.5, 0.6) is 11.5 Å². The first kappa shape index (κ1) is 17.4. The van der Waals surface area contributed by atoms with Crippen molar-refractivity contribution in [3.8, 4) is 11.5 Å². The SMILES string of the molecule is COc1cc(CN2C[C@@H]3CC[C@H]2CN(C(C)=O)C3)cc(Cl)c1OC. The fourth-order valence-electron chi connectivity index (χ4n) is 3.93. The Kier molecular flexibility index (Phi) is 5.21. The molecule has 1 amide bonds. The van der Waals surface area contributed by atoms with Crippen molar-refractivity contribution >= 4 is 17.5 Å². The molecule has 3 heterocycles. The van der Waals surface area contributed by atoms with E-state index in [0.717, 1.165) is 38.2 Å². The van der Waals surface area contributed by atoms with Crippen LogP contribution in [0.15, 0.2) is 12.1 Å². The zero-order valence-corrected chi connectivity index (χ0v) is 15.3. The summed E-state index contributed by atoms with van der Waals surface area (Å²) in [4.78, 5) is 16.3. The van der Waals surface area contributed by atoms with E-state index in [4.69, 9.17) is 21.1 Å². The maximum atomic E-state index is 11.8. The highest BCUT2D eigenvalue weighted by Gasteiger charge is 2.35. The molecule has 132 valence electrons. The van der Waals surface area contributed by atoms with Gasteiger partial charge < -0.3 is 14.4 Å². The van der Waals surface area contributed by atoms with Gasteiger partial charge >= 0.3 is 0 Å². The van der Waals surface area contributed by atoms with E-state index in [9.17, 15) is 4.79 Å². The molecule has 3 fully saturated rings. The minimum absolute atomic E-state index is 0.183. The van der Waals surface area contributed by atoms with E-state index in [1.165, 1.54) is 6.42 Å². The molecule has 0 unspecified atom stereocenters. The van der Waals surface area contributed by atoms with Gasteiger partial charge in [0, 0.05) is 39.1 Å². The van der Waals surface area contributed by atoms with E-state index in [-0.39, 0.29) is 5.91 Å². The first-order valence-electron chi connectivity index (χ1n) is 8.41. The van der Waals surface area contributed by atoms with Crippen molar-refractivity contribution in [2.24, 2.45) is 5.92 Å². The number of hydrogen-bond donors (Lipinski definition) is 0. The van der Waals surface area contributed by atoms with Gasteiger partial charge in [0.25, 0.3) is 0 Å². The predicted octanol–water partition coefficient (Wildman–Crippen LogP) is 2.80. The van der Waals surface area contributed by atoms with Crippen LogP contribution in [0.3, 0.4) is 0 Å². The molecular formula is C18H25ClN2O3. The van der Waals surface area contributed by atoms with Gasteiger partial charge in [0.05, 0.1) is 19.2 Å². The van der Waals surface area contributed by atoms with E-state index in [0.29, 0.717) is 28.5 Å². The van der Waals surface area contributed by atoms with Crippen molar-refractivity contribution in [3.63, 3.8) is 0 Å². The lowest BCUT2D eigenvalue weighted by Crippen LogP contribution is -2.43. The minimum atomic E-state index is 0.183. The minimum Gasteiger partial charge on any atom is -0.493 e. The molecule has 0 saturated carbocycles. The molecule has 3 saturated heterocycles. The molecular weight excluding hydrogens is 328 g/mol. The zero-order chi connectivity index (χ0) is 17.3. The van der Waals surface area contributed by atoms with Gasteiger partial charge in [-0.1, -0.05) is 11.6 Å². The van der Waals surface area contributed by atoms with E-state index < -0.39 is 0 Å². The molecule has 3 aliphatic heterocycles. The molecule has 0 radical (unpaired) electrons. The lowest BCUT2D eigenvalue weighted by atomic mass is 9.94. The van der Waals surface area contributed by atoms with Gasteiger partial charge in [0.1, 0.15) is 0 Å². The third-order valence-electron chi connectivity index (χ3n) is 5.15. The molecule has 2 bridgehead atoms. The second-order valence-corrected chi connectivity index (χ2v) is 7.17. The summed E-state index contributed by atoms with van der Waals surface area (Å²) in [7, 11) is 3.21. The quantitative estimate of drug-likeness (QED) is 0.835. The summed E-state index contributed by atoms with van der Waals surface area (Å²) >= 11 is 6.33. The second kappa shape index (κ2) is 7.19. The molecule has 24 heavy (non-hydrogen) atoms. The number of amides is 1. The average molecular weight is 353 g/mol. The molecule has 0 spiro atoms. The van der Waals surface area contributed by atoms with Crippen molar-refractivity contribution in [2.75, 3.05) is 33.9 Å². The lowest BCUT2D eigenvalue weighted by molar-refractivity contribution is -0.129. The Hall–Kier alpha value is -1.46. The van der Waals surface area contributed by atoms with Crippen LogP contribution in [0.25, 0.3) is 0 Å². The lowest BCUT2D eigenvalue weighted by Gasteiger charge is -2.36. The summed E-state index contributed by atoms with van der Waals surface area (Å²) in [6.45, 7) is 5.22. The Bertz CT molecular complexity index is 623. The molecule has 0 aromatic heterocycles. The maximum Gasteiger partial charge on any atom is 0.219 e. The van der Waals surface area contributed by atoms with Crippen LogP contribution < -0.4 is 9.47 Å². The monoisotopic (exact) mass is 352 g/mol. The molecule has 0 N–H and O–H groups in total. The molecule has 0 aliphatic carbocycles. The molecule has 6 heteroatoms. The number of methoxy groups -OCH3 is 2. The molecule has 5 nitrogen and oxygen atoms in total. The van der Waals surface area contributed by atoms with Crippen molar-refractivity contribution in [1.82, 2.24) is 9.80 Å². The Morgan fingerprint density at radius 1 is 1.21 bits per heavy atom. The third kappa shape index (κ3) is 3.47. The largest absolute Gasteiger partial charge is 0.493 e. The van der Waals surface area contributed by atoms with Crippen molar-refractivity contribution < 1.29 is 14.3 Å². The average Bonchev–Trinajstić information content (AvgIpc) is 2.86. The van der Waals surface area contributed by atoms with Gasteiger partial charge in [-0.25, -0.2) is 0 Å². The van der Waals surface area contributed by atoms with Gasteiger partial charge in [0.2, 0.25) is 5.91 Å². The number of carbonyl (C=O) groups excluding carboxylic acids is 1. The van der Waals surface area contributed by atoms with E-state index in [1.807, 2.05) is 17.0 Å². The van der Waals surface area contributed by atoms with E-state index >= 15 is 0 Å². The number of nitrogens with zero attached hydrogens (tertiary/aromatic N) is 2. The third-order valence-corrected chi connectivity index (χ3v) is 5.43. The number of benzene rings is 1. The van der Waals surface area contributed by atoms with Gasteiger partial charge in [-0.2, -0.15) is 0 Å². The Balaban J connectivity index is 1.79. The fraction of sp³-hybridized carbons (Fsp3) is 0.611. The van der Waals surface area contributed by atoms with Crippen molar-refractivity contribution in [3.05, 3.63) is 22.7 Å². The second-order valence-electron chi connectivity index (χ2n) is 6.76. The van der Waals surface area contributed by atoms with Crippen LogP contribution in [-0.2, 0) is 11.3 Å². The standard InChI is InChI=1S/C18H25ClN2O3/c1-12(22)20-8-13-4-5-15(11-20)21(9-13)10-14-6-16(19)18(24-3)17(7-14)23-2/h6-7,13,15H,4-5,8-11H2,1-3H3/t13-,15+/m1/s1. The number of hydrogen-bond acceptors (Lipinski definition) is 4. The van der Waals surface area contributed by atoms with Gasteiger partial charge in [-0.3, -0.25) is 9.69 Å². The van der Waals surface area contributed by atoms with Crippen LogP contribution in [0.1, 0.15) is 25.3 Å². The first-order valence-corrected chi connectivity index (χ1v) is 8.79. The molecule has 2 atom stereocenters. The number of halogens is 1. The normalized spacial score (nSPS) is 23.9. The summed E-state index contributed by atoms with van der Waals surface area (Å²) < 4.78 is 10.7. The smallest absolute Gasteiger partial charge is 0.219 e. The predicted molar refractivity (Wildman–Crippen MR) is 93.7 cm³/mol. The zero-order valence-electron chi connectivity index (χ0n) is 14.5. The molecule has 1 aromatic rings. The van der Waals surface area contributed by atoms with Crippen LogP contribution in [0.2, 0.25) is 5.02 Å². The number of fused-ring (bicyclic) bond motifs is 4. The Labute approximate surface area is 148 Å². The summed E-state index contributed by atoms with van der Waals surface area (Å²) in [6.07, 6.45) is 2.35. The van der Waals surface area contributed by atoms with Gasteiger partial charge in [-0.05, 0) is 36.5 Å². The number of rotatable bonds is 4. The van der Waals surface area contributed by atoms with E-state index in [1.54, 1.807) is 21.1 Å². The van der Waals surface area contributed by atoms with Gasteiger partial charge in [0.15, 0.2) is 11.5 Å². The first-order chi connectivity index (χ1) is 11.5. The summed E-state index contributed by atoms with van der Waals surface area (Å²) in [6, 6.07) is 4.36. The van der Waals surface area contributed by atoms with Crippen LogP contribution >= 0.6 is 11.6 Å². The Morgan fingerprint density at radius 2 is 2.00 bits per heavy atom. The highest BCUT2D eigenvalue weighted by atomic mass is 35.5. The van der Waals surface area contributed by atoms with Crippen molar-refractivity contribution in [1.29, 1.82) is 0 Å². The topological polar surface area (TPSA) is 42.0 Å². The van der Waals surface area contributed by atoms with E-state index in [2.05, 4.69) is 4.90 Å². The van der Waals surface area contributed by atoms with Gasteiger partial charge in [-0.15, -0.1) is 0 Å². The van der Waals surface area contributed by atoms with Crippen LogP contribution in [-0.4, -0.2) is 55.6 Å². The molecule has 4 rings (SSSR count). The Morgan fingerprint density at radius 3 is 2.67 bits per heavy atom. The summed E-state index contributed by atoms with van der Waals surface area (Å²) in [5.74, 6) is 1.97. The highest BCUT2D eigenvalue weighted by Crippen LogP contribution is 2.37. The van der Waals surface area contributed by atoms with Crippen LogP contribution in [0.4, 0.5) is 0 Å². The summed E-state index contributed by atoms with van der Waals surface area (Å²) in [5, 5.41) is 0.567. The molecule has 3 aliphatic rings. The number of piperidine rings is 1. The molecule has 1 aromatic carbocycles. The van der Waals surface area contributed by atoms with Crippen molar-refractivity contribution in [2.45, 2.75) is 32.4 Å². The maximum absolute atomic E-state index is 11.8. The highest BCUT2D eigenvalue weighted by molar-refractivity contribution is 6.32. The fourth-order valence-corrected chi connectivity index (χ4v) is 4.24. The number of ether oxygens (including phenoxy) is 2. The summed E-state index contributed by atoms with van der Waals surface area (Å²) in [5.41, 5.74) is 1.11. The number of carbonyl (C=O) groups is 1. The van der Waals surface area contributed by atoms with Crippen LogP contribution in [0, 0.1) is 5.92 Å².